The average Bonchev–Trinajstić information content (AvgIpc) is 2.61. The van der Waals surface area contributed by atoms with Gasteiger partial charge in [-0.15, -0.1) is 0 Å². The molecule has 144 valence electrons. The van der Waals surface area contributed by atoms with Crippen molar-refractivity contribution in [3.63, 3.8) is 0 Å². The van der Waals surface area contributed by atoms with Gasteiger partial charge in [-0.1, -0.05) is 32.3 Å². The van der Waals surface area contributed by atoms with Crippen LogP contribution in [0.5, 0.6) is 0 Å². The SMILES string of the molecule is CCNS(=O)(=O)c1ccc(C)c(C(=O)N(C)C2(C(=O)O)CCCCC2)c1. The molecule has 26 heavy (non-hydrogen) atoms. The minimum atomic E-state index is -3.70. The Balaban J connectivity index is 2.43. The van der Waals surface area contributed by atoms with E-state index < -0.39 is 27.4 Å². The van der Waals surface area contributed by atoms with Crippen LogP contribution in [0.2, 0.25) is 0 Å². The Morgan fingerprint density at radius 2 is 1.85 bits per heavy atom. The first-order valence-corrected chi connectivity index (χ1v) is 10.3. The standard InChI is InChI=1S/C18H26N2O5S/c1-4-19-26(24,25)14-9-8-13(2)15(12-14)16(21)20(3)18(17(22)23)10-6-5-7-11-18/h8-9,12,19H,4-7,10-11H2,1-3H3,(H,22,23). The van der Waals surface area contributed by atoms with Crippen molar-refractivity contribution in [2.45, 2.75) is 56.4 Å². The summed E-state index contributed by atoms with van der Waals surface area (Å²) in [6.07, 6.45) is 3.25. The Labute approximate surface area is 154 Å². The molecular formula is C18H26N2O5S. The van der Waals surface area contributed by atoms with Gasteiger partial charge in [0.05, 0.1) is 4.90 Å². The number of likely N-dealkylation sites (N-methyl/N-ethyl adjacent to an activating group) is 1. The molecular weight excluding hydrogens is 356 g/mol. The van der Waals surface area contributed by atoms with Crippen LogP contribution in [0.25, 0.3) is 0 Å². The third-order valence-electron chi connectivity index (χ3n) is 5.11. The van der Waals surface area contributed by atoms with E-state index in [1.807, 2.05) is 0 Å². The number of hydrogen-bond acceptors (Lipinski definition) is 4. The zero-order valence-corrected chi connectivity index (χ0v) is 16.2. The molecule has 0 aromatic heterocycles. The minimum Gasteiger partial charge on any atom is -0.479 e. The summed E-state index contributed by atoms with van der Waals surface area (Å²) in [6, 6.07) is 4.34. The second kappa shape index (κ2) is 7.75. The molecule has 0 bridgehead atoms. The molecule has 1 aliphatic carbocycles. The Hall–Kier alpha value is -1.93. The number of rotatable bonds is 6. The average molecular weight is 382 g/mol. The Kier molecular flexibility index (Phi) is 6.08. The van der Waals surface area contributed by atoms with E-state index in [1.54, 1.807) is 19.9 Å². The molecule has 1 amide bonds. The second-order valence-corrected chi connectivity index (χ2v) is 8.51. The minimum absolute atomic E-state index is 0.00489. The molecule has 0 aliphatic heterocycles. The van der Waals surface area contributed by atoms with E-state index in [4.69, 9.17) is 0 Å². The van der Waals surface area contributed by atoms with Crippen LogP contribution in [0.4, 0.5) is 0 Å². The van der Waals surface area contributed by atoms with Crippen LogP contribution >= 0.6 is 0 Å². The molecule has 0 heterocycles. The molecule has 1 aliphatic rings. The second-order valence-electron chi connectivity index (χ2n) is 6.74. The molecule has 7 nitrogen and oxygen atoms in total. The van der Waals surface area contributed by atoms with Gasteiger partial charge in [-0.3, -0.25) is 4.79 Å². The number of sulfonamides is 1. The highest BCUT2D eigenvalue weighted by atomic mass is 32.2. The predicted octanol–water partition coefficient (Wildman–Crippen LogP) is 2.15. The van der Waals surface area contributed by atoms with Gasteiger partial charge in [0.2, 0.25) is 10.0 Å². The van der Waals surface area contributed by atoms with Gasteiger partial charge < -0.3 is 10.0 Å². The van der Waals surface area contributed by atoms with E-state index in [0.29, 0.717) is 18.4 Å². The topological polar surface area (TPSA) is 104 Å². The van der Waals surface area contributed by atoms with Gasteiger partial charge in [-0.25, -0.2) is 17.9 Å². The highest BCUT2D eigenvalue weighted by molar-refractivity contribution is 7.89. The number of nitrogens with zero attached hydrogens (tertiary/aromatic N) is 1. The van der Waals surface area contributed by atoms with E-state index in [1.165, 1.54) is 24.1 Å². The van der Waals surface area contributed by atoms with Crippen molar-refractivity contribution in [3.05, 3.63) is 29.3 Å². The number of aryl methyl sites for hydroxylation is 1. The van der Waals surface area contributed by atoms with Crippen LogP contribution in [-0.4, -0.2) is 49.4 Å². The summed E-state index contributed by atoms with van der Waals surface area (Å²) < 4.78 is 26.9. The van der Waals surface area contributed by atoms with E-state index in [2.05, 4.69) is 4.72 Å². The Morgan fingerprint density at radius 1 is 1.23 bits per heavy atom. The summed E-state index contributed by atoms with van der Waals surface area (Å²) in [4.78, 5) is 26.3. The number of hydrogen-bond donors (Lipinski definition) is 2. The molecule has 1 saturated carbocycles. The lowest BCUT2D eigenvalue weighted by Gasteiger charge is -2.41. The van der Waals surface area contributed by atoms with Crippen LogP contribution in [0.15, 0.2) is 23.1 Å². The molecule has 1 fully saturated rings. The van der Waals surface area contributed by atoms with Gasteiger partial charge >= 0.3 is 5.97 Å². The van der Waals surface area contributed by atoms with Crippen LogP contribution in [0.1, 0.15) is 54.9 Å². The first kappa shape index (κ1) is 20.4. The highest BCUT2D eigenvalue weighted by Gasteiger charge is 2.45. The lowest BCUT2D eigenvalue weighted by atomic mass is 9.80. The lowest BCUT2D eigenvalue weighted by Crippen LogP contribution is -2.56. The first-order chi connectivity index (χ1) is 12.2. The van der Waals surface area contributed by atoms with E-state index in [-0.39, 0.29) is 17.0 Å². The summed E-state index contributed by atoms with van der Waals surface area (Å²) in [6.45, 7) is 3.62. The Morgan fingerprint density at radius 3 is 2.38 bits per heavy atom. The maximum atomic E-state index is 13.1. The van der Waals surface area contributed by atoms with Crippen molar-refractivity contribution < 1.29 is 23.1 Å². The van der Waals surface area contributed by atoms with Crippen molar-refractivity contribution >= 4 is 21.9 Å². The maximum absolute atomic E-state index is 13.1. The zero-order chi connectivity index (χ0) is 19.5. The number of carboxylic acid groups (broad SMARTS) is 1. The normalized spacial score (nSPS) is 16.9. The maximum Gasteiger partial charge on any atom is 0.329 e. The summed E-state index contributed by atoms with van der Waals surface area (Å²) in [5.74, 6) is -1.48. The molecule has 0 spiro atoms. The van der Waals surface area contributed by atoms with Gasteiger partial charge in [-0.2, -0.15) is 0 Å². The van der Waals surface area contributed by atoms with Crippen molar-refractivity contribution in [2.24, 2.45) is 0 Å². The molecule has 2 rings (SSSR count). The Bertz CT molecular complexity index is 798. The molecule has 1 aromatic carbocycles. The fourth-order valence-electron chi connectivity index (χ4n) is 3.48. The number of aliphatic carboxylic acids is 1. The fourth-order valence-corrected chi connectivity index (χ4v) is 4.54. The molecule has 0 saturated heterocycles. The first-order valence-electron chi connectivity index (χ1n) is 8.77. The van der Waals surface area contributed by atoms with Crippen molar-refractivity contribution in [1.29, 1.82) is 0 Å². The molecule has 1 aromatic rings. The van der Waals surface area contributed by atoms with Crippen LogP contribution in [-0.2, 0) is 14.8 Å². The number of carbonyl (C=O) groups is 2. The quantitative estimate of drug-likeness (QED) is 0.785. The molecule has 0 radical (unpaired) electrons. The van der Waals surface area contributed by atoms with Crippen LogP contribution in [0.3, 0.4) is 0 Å². The van der Waals surface area contributed by atoms with Gasteiger partial charge in [-0.05, 0) is 37.5 Å². The number of benzene rings is 1. The molecule has 2 N–H and O–H groups in total. The van der Waals surface area contributed by atoms with E-state index in [9.17, 15) is 23.1 Å². The monoisotopic (exact) mass is 382 g/mol. The highest BCUT2D eigenvalue weighted by Crippen LogP contribution is 2.34. The number of amides is 1. The summed E-state index contributed by atoms with van der Waals surface area (Å²) in [5.41, 5.74) is -0.426. The van der Waals surface area contributed by atoms with E-state index >= 15 is 0 Å². The summed E-state index contributed by atoms with van der Waals surface area (Å²) in [5, 5.41) is 9.78. The molecule has 8 heteroatoms. The fraction of sp³-hybridized carbons (Fsp3) is 0.556. The number of carbonyl (C=O) groups excluding carboxylic acids is 1. The van der Waals surface area contributed by atoms with Crippen LogP contribution < -0.4 is 4.72 Å². The summed E-state index contributed by atoms with van der Waals surface area (Å²) >= 11 is 0. The van der Waals surface area contributed by atoms with Gasteiger partial charge in [0, 0.05) is 19.2 Å². The van der Waals surface area contributed by atoms with Crippen molar-refractivity contribution in [1.82, 2.24) is 9.62 Å². The van der Waals surface area contributed by atoms with Gasteiger partial charge in [0.1, 0.15) is 5.54 Å². The van der Waals surface area contributed by atoms with Crippen LogP contribution in [0, 0.1) is 6.92 Å². The van der Waals surface area contributed by atoms with Crippen molar-refractivity contribution in [2.75, 3.05) is 13.6 Å². The third-order valence-corrected chi connectivity index (χ3v) is 6.65. The molecule has 0 unspecified atom stereocenters. The third kappa shape index (κ3) is 3.76. The number of carboxylic acids is 1. The van der Waals surface area contributed by atoms with Crippen molar-refractivity contribution in [3.8, 4) is 0 Å². The number of nitrogens with one attached hydrogen (secondary N) is 1. The predicted molar refractivity (Wildman–Crippen MR) is 97.6 cm³/mol. The van der Waals surface area contributed by atoms with E-state index in [0.717, 1.165) is 19.3 Å². The lowest BCUT2D eigenvalue weighted by molar-refractivity contribution is -0.151. The molecule has 0 atom stereocenters. The summed E-state index contributed by atoms with van der Waals surface area (Å²) in [7, 11) is -2.21. The smallest absolute Gasteiger partial charge is 0.329 e. The van der Waals surface area contributed by atoms with Gasteiger partial charge in [0.25, 0.3) is 5.91 Å². The van der Waals surface area contributed by atoms with Gasteiger partial charge in [0.15, 0.2) is 0 Å². The largest absolute Gasteiger partial charge is 0.479 e. The zero-order valence-electron chi connectivity index (χ0n) is 15.4.